The molecule has 6 nitrogen and oxygen atoms in total. The van der Waals surface area contributed by atoms with Crippen LogP contribution in [0.15, 0.2) is 48.5 Å². The van der Waals surface area contributed by atoms with Crippen LogP contribution in [-0.4, -0.2) is 30.6 Å². The van der Waals surface area contributed by atoms with Gasteiger partial charge in [0.05, 0.1) is 29.4 Å². The van der Waals surface area contributed by atoms with Crippen molar-refractivity contribution in [2.75, 3.05) is 13.7 Å². The zero-order chi connectivity index (χ0) is 22.4. The van der Waals surface area contributed by atoms with Gasteiger partial charge >= 0.3 is 5.97 Å². The molecular weight excluding hydrogens is 392 g/mol. The van der Waals surface area contributed by atoms with E-state index >= 15 is 0 Å². The molecule has 0 aliphatic heterocycles. The number of carbonyl (C=O) groups is 2. The lowest BCUT2D eigenvalue weighted by Crippen LogP contribution is -2.32. The standard InChI is InChI=1S/C25H28N2O4/c1-5-20(18-12-10-16(2)11-13-18)27-23(28)15-31-25(29)24-17(3)19-8-6-7-9-21(19)26-22(24)14-30-4/h6-13,20H,5,14-15H2,1-4H3,(H,27,28). The third-order valence-electron chi connectivity index (χ3n) is 5.27. The van der Waals surface area contributed by atoms with Gasteiger partial charge in [0.25, 0.3) is 5.91 Å². The lowest BCUT2D eigenvalue weighted by atomic mass is 10.0. The number of aromatic nitrogens is 1. The average Bonchev–Trinajstić information content (AvgIpc) is 2.77. The molecule has 1 heterocycles. The summed E-state index contributed by atoms with van der Waals surface area (Å²) in [4.78, 5) is 29.9. The van der Waals surface area contributed by atoms with Crippen LogP contribution >= 0.6 is 0 Å². The number of esters is 1. The average molecular weight is 421 g/mol. The lowest BCUT2D eigenvalue weighted by Gasteiger charge is -2.18. The number of methoxy groups -OCH3 is 1. The topological polar surface area (TPSA) is 77.5 Å². The molecule has 162 valence electrons. The van der Waals surface area contributed by atoms with E-state index in [1.807, 2.05) is 69.3 Å². The van der Waals surface area contributed by atoms with E-state index in [0.29, 0.717) is 11.3 Å². The number of benzene rings is 2. The van der Waals surface area contributed by atoms with Crippen LogP contribution in [0.1, 0.15) is 52.1 Å². The van der Waals surface area contributed by atoms with Gasteiger partial charge in [-0.25, -0.2) is 9.78 Å². The van der Waals surface area contributed by atoms with Crippen molar-refractivity contribution in [3.05, 3.63) is 76.5 Å². The smallest absolute Gasteiger partial charge is 0.340 e. The highest BCUT2D eigenvalue weighted by atomic mass is 16.5. The number of fused-ring (bicyclic) bond motifs is 1. The van der Waals surface area contributed by atoms with Crippen molar-refractivity contribution in [2.24, 2.45) is 0 Å². The van der Waals surface area contributed by atoms with Crippen molar-refractivity contribution in [1.29, 1.82) is 0 Å². The second-order valence-electron chi connectivity index (χ2n) is 7.52. The largest absolute Gasteiger partial charge is 0.452 e. The van der Waals surface area contributed by atoms with Crippen molar-refractivity contribution in [2.45, 2.75) is 39.8 Å². The third kappa shape index (κ3) is 5.27. The molecule has 0 spiro atoms. The molecule has 1 unspecified atom stereocenters. The SMILES string of the molecule is CCC(NC(=O)COC(=O)c1c(COC)nc2ccccc2c1C)c1ccc(C)cc1. The van der Waals surface area contributed by atoms with Gasteiger partial charge in [0.1, 0.15) is 0 Å². The van der Waals surface area contributed by atoms with Crippen LogP contribution in [0.4, 0.5) is 0 Å². The monoisotopic (exact) mass is 420 g/mol. The van der Waals surface area contributed by atoms with Gasteiger partial charge in [0.15, 0.2) is 6.61 Å². The Morgan fingerprint density at radius 1 is 1.06 bits per heavy atom. The molecular formula is C25H28N2O4. The second kappa shape index (κ2) is 10.2. The molecule has 1 aromatic heterocycles. The molecule has 0 bridgehead atoms. The van der Waals surface area contributed by atoms with Gasteiger partial charge in [0.2, 0.25) is 0 Å². The summed E-state index contributed by atoms with van der Waals surface area (Å²) in [7, 11) is 1.55. The van der Waals surface area contributed by atoms with Crippen LogP contribution in [-0.2, 0) is 20.9 Å². The highest BCUT2D eigenvalue weighted by molar-refractivity contribution is 5.99. The van der Waals surface area contributed by atoms with Gasteiger partial charge in [-0.05, 0) is 37.5 Å². The van der Waals surface area contributed by atoms with E-state index in [1.165, 1.54) is 0 Å². The van der Waals surface area contributed by atoms with Crippen LogP contribution in [0.5, 0.6) is 0 Å². The maximum atomic E-state index is 12.9. The van der Waals surface area contributed by atoms with E-state index in [2.05, 4.69) is 10.3 Å². The van der Waals surface area contributed by atoms with Gasteiger partial charge < -0.3 is 14.8 Å². The first kappa shape index (κ1) is 22.4. The molecule has 31 heavy (non-hydrogen) atoms. The van der Waals surface area contributed by atoms with Crippen molar-refractivity contribution in [3.8, 4) is 0 Å². The quantitative estimate of drug-likeness (QED) is 0.546. The highest BCUT2D eigenvalue weighted by Crippen LogP contribution is 2.24. The van der Waals surface area contributed by atoms with Crippen molar-refractivity contribution in [3.63, 3.8) is 0 Å². The molecule has 0 saturated carbocycles. The fourth-order valence-corrected chi connectivity index (χ4v) is 3.61. The number of nitrogens with zero attached hydrogens (tertiary/aromatic N) is 1. The van der Waals surface area contributed by atoms with Crippen LogP contribution in [0.25, 0.3) is 10.9 Å². The molecule has 3 aromatic rings. The third-order valence-corrected chi connectivity index (χ3v) is 5.27. The summed E-state index contributed by atoms with van der Waals surface area (Å²) in [5, 5.41) is 3.80. The summed E-state index contributed by atoms with van der Waals surface area (Å²) in [6.45, 7) is 5.68. The first-order valence-corrected chi connectivity index (χ1v) is 10.3. The summed E-state index contributed by atoms with van der Waals surface area (Å²) in [6.07, 6.45) is 0.731. The van der Waals surface area contributed by atoms with E-state index in [0.717, 1.165) is 34.0 Å². The summed E-state index contributed by atoms with van der Waals surface area (Å²) >= 11 is 0. The molecule has 0 aliphatic rings. The number of nitrogens with one attached hydrogen (secondary N) is 1. The highest BCUT2D eigenvalue weighted by Gasteiger charge is 2.21. The van der Waals surface area contributed by atoms with E-state index in [1.54, 1.807) is 7.11 Å². The summed E-state index contributed by atoms with van der Waals surface area (Å²) in [6, 6.07) is 15.5. The Bertz CT molecular complexity index is 1080. The molecule has 1 atom stereocenters. The van der Waals surface area contributed by atoms with E-state index in [-0.39, 0.29) is 25.2 Å². The van der Waals surface area contributed by atoms with Crippen LogP contribution in [0.3, 0.4) is 0 Å². The Kier molecular flexibility index (Phi) is 7.36. The van der Waals surface area contributed by atoms with Crippen molar-refractivity contribution in [1.82, 2.24) is 10.3 Å². The zero-order valence-electron chi connectivity index (χ0n) is 18.4. The molecule has 3 rings (SSSR count). The minimum absolute atomic E-state index is 0.139. The minimum atomic E-state index is -0.582. The van der Waals surface area contributed by atoms with Gasteiger partial charge in [-0.3, -0.25) is 4.79 Å². The molecule has 0 fully saturated rings. The van der Waals surface area contributed by atoms with Gasteiger partial charge in [-0.15, -0.1) is 0 Å². The summed E-state index contributed by atoms with van der Waals surface area (Å²) in [5.41, 5.74) is 4.56. The van der Waals surface area contributed by atoms with Crippen molar-refractivity contribution >= 4 is 22.8 Å². The number of hydrogen-bond acceptors (Lipinski definition) is 5. The lowest BCUT2D eigenvalue weighted by molar-refractivity contribution is -0.125. The summed E-state index contributed by atoms with van der Waals surface area (Å²) in [5.74, 6) is -0.929. The fourth-order valence-electron chi connectivity index (χ4n) is 3.61. The van der Waals surface area contributed by atoms with Crippen LogP contribution in [0, 0.1) is 13.8 Å². The molecule has 0 radical (unpaired) electrons. The molecule has 0 aliphatic carbocycles. The molecule has 0 saturated heterocycles. The molecule has 2 aromatic carbocycles. The second-order valence-corrected chi connectivity index (χ2v) is 7.52. The molecule has 1 amide bonds. The first-order valence-electron chi connectivity index (χ1n) is 10.3. The maximum absolute atomic E-state index is 12.9. The van der Waals surface area contributed by atoms with Gasteiger partial charge in [0, 0.05) is 12.5 Å². The first-order chi connectivity index (χ1) is 14.9. The predicted molar refractivity (Wildman–Crippen MR) is 120 cm³/mol. The Balaban J connectivity index is 1.73. The maximum Gasteiger partial charge on any atom is 0.340 e. The number of carbonyl (C=O) groups excluding carboxylic acids is 2. The Morgan fingerprint density at radius 2 is 1.77 bits per heavy atom. The Morgan fingerprint density at radius 3 is 2.45 bits per heavy atom. The number of hydrogen-bond donors (Lipinski definition) is 1. The number of pyridine rings is 1. The number of rotatable bonds is 8. The van der Waals surface area contributed by atoms with E-state index in [9.17, 15) is 9.59 Å². The van der Waals surface area contributed by atoms with Crippen LogP contribution in [0.2, 0.25) is 0 Å². The molecule has 6 heteroatoms. The van der Waals surface area contributed by atoms with Crippen LogP contribution < -0.4 is 5.32 Å². The minimum Gasteiger partial charge on any atom is -0.452 e. The fraction of sp³-hybridized carbons (Fsp3) is 0.320. The normalized spacial score (nSPS) is 11.9. The van der Waals surface area contributed by atoms with Crippen molar-refractivity contribution < 1.29 is 19.1 Å². The predicted octanol–water partition coefficient (Wildman–Crippen LogP) is 4.42. The number of amides is 1. The zero-order valence-corrected chi connectivity index (χ0v) is 18.4. The number of ether oxygens (including phenoxy) is 2. The number of para-hydroxylation sites is 1. The summed E-state index contributed by atoms with van der Waals surface area (Å²) < 4.78 is 10.6. The van der Waals surface area contributed by atoms with E-state index in [4.69, 9.17) is 9.47 Å². The Hall–Kier alpha value is -3.25. The van der Waals surface area contributed by atoms with Gasteiger partial charge in [-0.2, -0.15) is 0 Å². The van der Waals surface area contributed by atoms with Gasteiger partial charge in [-0.1, -0.05) is 55.0 Å². The van der Waals surface area contributed by atoms with E-state index < -0.39 is 5.97 Å². The Labute approximate surface area is 182 Å². The molecule has 1 N–H and O–H groups in total. The number of aryl methyl sites for hydroxylation is 2.